The normalized spacial score (nSPS) is 24.6. The van der Waals surface area contributed by atoms with Gasteiger partial charge in [-0.15, -0.1) is 11.3 Å². The smallest absolute Gasteiger partial charge is 0.351 e. The maximum atomic E-state index is 16.4. The lowest BCUT2D eigenvalue weighted by Crippen LogP contribution is -2.67. The van der Waals surface area contributed by atoms with Crippen molar-refractivity contribution in [2.45, 2.75) is 79.1 Å². The highest BCUT2D eigenvalue weighted by molar-refractivity contribution is 7.92. The second-order valence-corrected chi connectivity index (χ2v) is 18.7. The molecule has 278 valence electrons. The monoisotopic (exact) mass is 789 g/mol. The molecule has 2 bridgehead atoms. The van der Waals surface area contributed by atoms with Crippen molar-refractivity contribution in [3.05, 3.63) is 70.9 Å². The van der Waals surface area contributed by atoms with Crippen LogP contribution in [0.3, 0.4) is 0 Å². The van der Waals surface area contributed by atoms with Gasteiger partial charge in [-0.3, -0.25) is 4.72 Å². The molecule has 0 aliphatic heterocycles. The summed E-state index contributed by atoms with van der Waals surface area (Å²) in [6, 6.07) is 6.47. The Morgan fingerprint density at radius 3 is 2.23 bits per heavy atom. The molecule has 2 N–H and O–H groups in total. The van der Waals surface area contributed by atoms with Crippen LogP contribution in [0.15, 0.2) is 53.6 Å². The van der Waals surface area contributed by atoms with E-state index < -0.39 is 76.3 Å². The van der Waals surface area contributed by atoms with Crippen LogP contribution in [0.4, 0.5) is 42.4 Å². The molecule has 0 unspecified atom stereocenters. The second kappa shape index (κ2) is 12.6. The molecule has 2 aromatic carbocycles. The summed E-state index contributed by atoms with van der Waals surface area (Å²) in [5, 5.41) is 3.21. The van der Waals surface area contributed by atoms with Crippen molar-refractivity contribution >= 4 is 42.8 Å². The first kappa shape index (κ1) is 36.5. The molecule has 2 aromatic heterocycles. The first-order chi connectivity index (χ1) is 24.3. The predicted molar refractivity (Wildman–Crippen MR) is 179 cm³/mol. The Morgan fingerprint density at radius 2 is 1.60 bits per heavy atom. The van der Waals surface area contributed by atoms with Gasteiger partial charge in [-0.05, 0) is 75.3 Å². The number of rotatable bonds is 10. The summed E-state index contributed by atoms with van der Waals surface area (Å²) in [6.07, 6.45) is -2.62. The maximum absolute atomic E-state index is 16.4. The number of hydrogen-bond donors (Lipinski definition) is 2. The second-order valence-electron chi connectivity index (χ2n) is 13.8. The lowest BCUT2D eigenvalue weighted by Gasteiger charge is -2.69. The molecule has 0 amide bonds. The van der Waals surface area contributed by atoms with Gasteiger partial charge in [0.05, 0.1) is 32.8 Å². The molecule has 4 aliphatic rings. The van der Waals surface area contributed by atoms with Gasteiger partial charge in [0.1, 0.15) is 25.6 Å². The Balaban J connectivity index is 1.24. The van der Waals surface area contributed by atoms with Crippen LogP contribution in [-0.4, -0.2) is 55.8 Å². The lowest BCUT2D eigenvalue weighted by atomic mass is 9.35. The van der Waals surface area contributed by atoms with Crippen LogP contribution < -0.4 is 10.0 Å². The number of nitrogens with one attached hydrogen (secondary N) is 2. The number of benzene rings is 2. The summed E-state index contributed by atoms with van der Waals surface area (Å²) in [5.74, 6) is -2.73. The van der Waals surface area contributed by atoms with Crippen LogP contribution in [0.25, 0.3) is 21.8 Å². The average Bonchev–Trinajstić information content (AvgIpc) is 3.45. The van der Waals surface area contributed by atoms with Crippen LogP contribution in [-0.2, 0) is 31.5 Å². The van der Waals surface area contributed by atoms with Crippen LogP contribution in [0, 0.1) is 17.0 Å². The third kappa shape index (κ3) is 6.41. The number of sulfone groups is 1. The molecule has 9 nitrogen and oxygen atoms in total. The van der Waals surface area contributed by atoms with Gasteiger partial charge in [0, 0.05) is 34.9 Å². The maximum Gasteiger partial charge on any atom is 0.417 e. The molecule has 4 saturated carbocycles. The molecule has 0 saturated heterocycles. The fraction of sp³-hybridized carbons (Fsp3) is 0.424. The van der Waals surface area contributed by atoms with E-state index in [-0.39, 0.29) is 48.2 Å². The van der Waals surface area contributed by atoms with E-state index in [2.05, 4.69) is 20.3 Å². The van der Waals surface area contributed by atoms with E-state index >= 15 is 4.39 Å². The van der Waals surface area contributed by atoms with Crippen molar-refractivity contribution in [2.24, 2.45) is 5.41 Å². The van der Waals surface area contributed by atoms with E-state index in [0.717, 1.165) is 17.4 Å². The molecule has 4 aromatic rings. The minimum absolute atomic E-state index is 0.0189. The number of aromatic nitrogens is 3. The standard InChI is InChI=1S/C33H30F7N5O4S3/c1-51(46,47)18-10-8-17(9-11-18)42-30-41-13-12-23(43-30)26-25(44-29(50-26)32-14-31(15-32,16-32)28(36)37)19-4-2-7-22(24(19)35)45-52(48,49)27-20(33(38,39)40)5-3-6-21(27)34/h2-7,12-13,17-18,28,45H,8-11,14-16H2,1H3,(H,41,42,43)/t17-,18-,31?,32?. The highest BCUT2D eigenvalue weighted by Crippen LogP contribution is 2.76. The average molecular weight is 790 g/mol. The number of thiazole rings is 1. The van der Waals surface area contributed by atoms with Gasteiger partial charge < -0.3 is 5.32 Å². The molecule has 8 rings (SSSR count). The fourth-order valence-corrected chi connectivity index (χ4v) is 11.3. The van der Waals surface area contributed by atoms with Crippen LogP contribution in [0.1, 0.15) is 55.5 Å². The molecule has 4 fully saturated rings. The van der Waals surface area contributed by atoms with E-state index in [1.165, 1.54) is 30.7 Å². The van der Waals surface area contributed by atoms with Crippen molar-refractivity contribution in [1.82, 2.24) is 15.0 Å². The molecule has 0 radical (unpaired) electrons. The van der Waals surface area contributed by atoms with Gasteiger partial charge in [0.2, 0.25) is 12.4 Å². The molecule has 0 spiro atoms. The van der Waals surface area contributed by atoms with Crippen molar-refractivity contribution < 1.29 is 47.6 Å². The third-order valence-electron chi connectivity index (χ3n) is 10.2. The lowest BCUT2D eigenvalue weighted by molar-refractivity contribution is -0.221. The predicted octanol–water partition coefficient (Wildman–Crippen LogP) is 7.82. The van der Waals surface area contributed by atoms with Crippen LogP contribution >= 0.6 is 11.3 Å². The molecule has 4 aliphatic carbocycles. The fourth-order valence-electron chi connectivity index (χ4n) is 7.60. The van der Waals surface area contributed by atoms with E-state index in [9.17, 15) is 43.2 Å². The van der Waals surface area contributed by atoms with Gasteiger partial charge in [-0.1, -0.05) is 12.1 Å². The van der Waals surface area contributed by atoms with Crippen molar-refractivity contribution in [1.29, 1.82) is 0 Å². The Bertz CT molecular complexity index is 2260. The van der Waals surface area contributed by atoms with Gasteiger partial charge in [-0.2, -0.15) is 13.2 Å². The number of anilines is 2. The third-order valence-corrected chi connectivity index (χ3v) is 14.6. The van der Waals surface area contributed by atoms with Crippen molar-refractivity contribution in [2.75, 3.05) is 16.3 Å². The van der Waals surface area contributed by atoms with Crippen LogP contribution in [0.2, 0.25) is 0 Å². The summed E-state index contributed by atoms with van der Waals surface area (Å²) >= 11 is 1.11. The van der Waals surface area contributed by atoms with Gasteiger partial charge in [0.25, 0.3) is 10.0 Å². The zero-order valence-corrected chi connectivity index (χ0v) is 29.6. The Morgan fingerprint density at radius 1 is 0.923 bits per heavy atom. The zero-order chi connectivity index (χ0) is 37.4. The molecule has 19 heteroatoms. The summed E-state index contributed by atoms with van der Waals surface area (Å²) in [5.41, 5.74) is -4.37. The minimum atomic E-state index is -5.33. The van der Waals surface area contributed by atoms with Crippen LogP contribution in [0.5, 0.6) is 0 Å². The highest BCUT2D eigenvalue weighted by Gasteiger charge is 2.73. The molecular weight excluding hydrogens is 760 g/mol. The Kier molecular flexibility index (Phi) is 8.88. The zero-order valence-electron chi connectivity index (χ0n) is 27.1. The quantitative estimate of drug-likeness (QED) is 0.156. The number of hydrogen-bond acceptors (Lipinski definition) is 9. The van der Waals surface area contributed by atoms with Crippen molar-refractivity contribution in [3.63, 3.8) is 0 Å². The largest absolute Gasteiger partial charge is 0.417 e. The number of alkyl halides is 5. The van der Waals surface area contributed by atoms with Gasteiger partial charge in [-0.25, -0.2) is 49.3 Å². The summed E-state index contributed by atoms with van der Waals surface area (Å²) in [7, 11) is -8.52. The minimum Gasteiger partial charge on any atom is -0.351 e. The SMILES string of the molecule is CS(=O)(=O)[C@H]1CC[C@H](Nc2nccc(-c3sc(C45CC(C(F)F)(C4)C5)nc3-c3cccc(NS(=O)(=O)c4c(F)cccc4C(F)(F)F)c3F)n2)CC1. The summed E-state index contributed by atoms with van der Waals surface area (Å²) < 4.78 is 152. The highest BCUT2D eigenvalue weighted by atomic mass is 32.2. The topological polar surface area (TPSA) is 131 Å². The van der Waals surface area contributed by atoms with Crippen molar-refractivity contribution in [3.8, 4) is 21.8 Å². The molecule has 0 atom stereocenters. The molecule has 52 heavy (non-hydrogen) atoms. The number of nitrogens with zero attached hydrogens (tertiary/aromatic N) is 3. The van der Waals surface area contributed by atoms with E-state index in [1.807, 2.05) is 0 Å². The summed E-state index contributed by atoms with van der Waals surface area (Å²) in [4.78, 5) is 12.2. The summed E-state index contributed by atoms with van der Waals surface area (Å²) in [6.45, 7) is 0. The first-order valence-electron chi connectivity index (χ1n) is 16.1. The van der Waals surface area contributed by atoms with Gasteiger partial charge >= 0.3 is 6.18 Å². The number of sulfonamides is 1. The van der Waals surface area contributed by atoms with E-state index in [1.54, 1.807) is 4.72 Å². The Labute approximate surface area is 298 Å². The molecule has 2 heterocycles. The molecular formula is C33H30F7N5O4S3. The first-order valence-corrected chi connectivity index (χ1v) is 20.3. The Hall–Kier alpha value is -3.84. The number of halogens is 7. The van der Waals surface area contributed by atoms with Gasteiger partial charge in [0.15, 0.2) is 5.82 Å². The van der Waals surface area contributed by atoms with E-state index in [4.69, 9.17) is 0 Å². The van der Waals surface area contributed by atoms with E-state index in [0.29, 0.717) is 53.8 Å².